The Balaban J connectivity index is 2.11. The predicted molar refractivity (Wildman–Crippen MR) is 60.2 cm³/mol. The topological polar surface area (TPSA) is 72.3 Å². The summed E-state index contributed by atoms with van der Waals surface area (Å²) in [7, 11) is 0. The Morgan fingerprint density at radius 3 is 2.88 bits per heavy atom. The highest BCUT2D eigenvalue weighted by Gasteiger charge is 2.06. The summed E-state index contributed by atoms with van der Waals surface area (Å²) in [5.74, 6) is 0.929. The fourth-order valence-corrected chi connectivity index (χ4v) is 1.52. The Morgan fingerprint density at radius 2 is 2.12 bits per heavy atom. The van der Waals surface area contributed by atoms with Gasteiger partial charge in [-0.05, 0) is 11.6 Å². The Kier molecular flexibility index (Phi) is 3.22. The quantitative estimate of drug-likeness (QED) is 0.815. The van der Waals surface area contributed by atoms with Gasteiger partial charge in [0.25, 0.3) is 0 Å². The van der Waals surface area contributed by atoms with Crippen molar-refractivity contribution in [2.45, 2.75) is 12.8 Å². The molecule has 16 heavy (non-hydrogen) atoms. The van der Waals surface area contributed by atoms with E-state index in [-0.39, 0.29) is 5.75 Å². The summed E-state index contributed by atoms with van der Waals surface area (Å²) in [5.41, 5.74) is 7.06. The van der Waals surface area contributed by atoms with Crippen LogP contribution in [0.4, 0.5) is 0 Å². The molecule has 1 aromatic heterocycles. The van der Waals surface area contributed by atoms with Crippen molar-refractivity contribution in [3.8, 4) is 5.75 Å². The molecule has 0 saturated carbocycles. The van der Waals surface area contributed by atoms with Crippen molar-refractivity contribution in [1.29, 1.82) is 0 Å². The standard InChI is InChI=1S/C12H14N2O2/c13-6-5-12-14-10(8-16-12)7-9-3-1-2-4-11(9)15/h1-4,8,15H,5-7,13H2. The number of hydrogen-bond donors (Lipinski definition) is 2. The molecular weight excluding hydrogens is 204 g/mol. The number of benzene rings is 1. The van der Waals surface area contributed by atoms with Crippen LogP contribution >= 0.6 is 0 Å². The van der Waals surface area contributed by atoms with Gasteiger partial charge in [0.1, 0.15) is 12.0 Å². The maximum atomic E-state index is 9.60. The van der Waals surface area contributed by atoms with E-state index in [1.54, 1.807) is 18.4 Å². The van der Waals surface area contributed by atoms with E-state index in [1.807, 2.05) is 12.1 Å². The predicted octanol–water partition coefficient (Wildman–Crippen LogP) is 1.47. The normalized spacial score (nSPS) is 10.6. The second kappa shape index (κ2) is 4.81. The fraction of sp³-hybridized carbons (Fsp3) is 0.250. The first-order valence-corrected chi connectivity index (χ1v) is 5.20. The first-order chi connectivity index (χ1) is 7.79. The third-order valence-electron chi connectivity index (χ3n) is 2.32. The summed E-state index contributed by atoms with van der Waals surface area (Å²) in [4.78, 5) is 4.28. The molecule has 0 fully saturated rings. The van der Waals surface area contributed by atoms with Crippen molar-refractivity contribution >= 4 is 0 Å². The smallest absolute Gasteiger partial charge is 0.195 e. The second-order valence-electron chi connectivity index (χ2n) is 3.58. The zero-order valence-electron chi connectivity index (χ0n) is 8.89. The fourth-order valence-electron chi connectivity index (χ4n) is 1.52. The molecule has 0 atom stereocenters. The lowest BCUT2D eigenvalue weighted by Crippen LogP contribution is -2.02. The van der Waals surface area contributed by atoms with E-state index in [0.717, 1.165) is 11.3 Å². The number of phenolic OH excluding ortho intramolecular Hbond substituents is 1. The SMILES string of the molecule is NCCc1nc(Cc2ccccc2O)co1. The van der Waals surface area contributed by atoms with Gasteiger partial charge in [-0.1, -0.05) is 18.2 Å². The van der Waals surface area contributed by atoms with Crippen LogP contribution < -0.4 is 5.73 Å². The minimum Gasteiger partial charge on any atom is -0.508 e. The van der Waals surface area contributed by atoms with Crippen LogP contribution in [0.5, 0.6) is 5.75 Å². The zero-order chi connectivity index (χ0) is 11.4. The molecule has 0 bridgehead atoms. The Morgan fingerprint density at radius 1 is 1.31 bits per heavy atom. The summed E-state index contributed by atoms with van der Waals surface area (Å²) < 4.78 is 5.24. The van der Waals surface area contributed by atoms with Crippen LogP contribution in [0.25, 0.3) is 0 Å². The Bertz CT molecular complexity index is 466. The Hall–Kier alpha value is -1.81. The molecular formula is C12H14N2O2. The average molecular weight is 218 g/mol. The largest absolute Gasteiger partial charge is 0.508 e. The molecule has 0 amide bonds. The van der Waals surface area contributed by atoms with Gasteiger partial charge in [-0.25, -0.2) is 4.98 Å². The molecule has 2 rings (SSSR count). The van der Waals surface area contributed by atoms with Crippen molar-refractivity contribution in [1.82, 2.24) is 4.98 Å². The summed E-state index contributed by atoms with van der Waals surface area (Å²) in [6, 6.07) is 7.21. The maximum absolute atomic E-state index is 9.60. The van der Waals surface area contributed by atoms with Crippen molar-refractivity contribution < 1.29 is 9.52 Å². The molecule has 0 spiro atoms. The van der Waals surface area contributed by atoms with Gasteiger partial charge < -0.3 is 15.3 Å². The number of rotatable bonds is 4. The van der Waals surface area contributed by atoms with Crippen LogP contribution in [0.2, 0.25) is 0 Å². The van der Waals surface area contributed by atoms with E-state index in [0.29, 0.717) is 25.3 Å². The van der Waals surface area contributed by atoms with E-state index in [4.69, 9.17) is 10.2 Å². The van der Waals surface area contributed by atoms with Crippen molar-refractivity contribution in [3.63, 3.8) is 0 Å². The molecule has 0 aliphatic heterocycles. The first-order valence-electron chi connectivity index (χ1n) is 5.20. The number of aromatic nitrogens is 1. The summed E-state index contributed by atoms with van der Waals surface area (Å²) in [5, 5.41) is 9.60. The third-order valence-corrected chi connectivity index (χ3v) is 2.32. The number of nitrogens with two attached hydrogens (primary N) is 1. The van der Waals surface area contributed by atoms with Gasteiger partial charge in [0, 0.05) is 19.4 Å². The minimum atomic E-state index is 0.283. The summed E-state index contributed by atoms with van der Waals surface area (Å²) in [6.07, 6.45) is 2.82. The van der Waals surface area contributed by atoms with Crippen molar-refractivity contribution in [2.24, 2.45) is 5.73 Å². The maximum Gasteiger partial charge on any atom is 0.195 e. The highest BCUT2D eigenvalue weighted by Crippen LogP contribution is 2.19. The number of aromatic hydroxyl groups is 1. The Labute approximate surface area is 93.7 Å². The monoisotopic (exact) mass is 218 g/mol. The number of nitrogens with zero attached hydrogens (tertiary/aromatic N) is 1. The molecule has 1 heterocycles. The van der Waals surface area contributed by atoms with Crippen LogP contribution in [-0.4, -0.2) is 16.6 Å². The molecule has 2 aromatic rings. The number of phenols is 1. The van der Waals surface area contributed by atoms with Crippen LogP contribution in [0.1, 0.15) is 17.1 Å². The average Bonchev–Trinajstić information content (AvgIpc) is 2.70. The van der Waals surface area contributed by atoms with E-state index in [1.165, 1.54) is 0 Å². The van der Waals surface area contributed by atoms with E-state index in [2.05, 4.69) is 4.98 Å². The number of para-hydroxylation sites is 1. The van der Waals surface area contributed by atoms with Gasteiger partial charge in [-0.2, -0.15) is 0 Å². The molecule has 3 N–H and O–H groups in total. The van der Waals surface area contributed by atoms with E-state index >= 15 is 0 Å². The van der Waals surface area contributed by atoms with Crippen molar-refractivity contribution in [3.05, 3.63) is 47.7 Å². The van der Waals surface area contributed by atoms with Gasteiger partial charge >= 0.3 is 0 Å². The first kappa shape index (κ1) is 10.7. The minimum absolute atomic E-state index is 0.283. The van der Waals surface area contributed by atoms with E-state index in [9.17, 15) is 5.11 Å². The number of oxazole rings is 1. The molecule has 4 heteroatoms. The van der Waals surface area contributed by atoms with E-state index < -0.39 is 0 Å². The molecule has 0 aliphatic rings. The second-order valence-corrected chi connectivity index (χ2v) is 3.58. The third kappa shape index (κ3) is 2.41. The van der Waals surface area contributed by atoms with Gasteiger partial charge in [0.2, 0.25) is 0 Å². The van der Waals surface area contributed by atoms with Crippen LogP contribution in [0, 0.1) is 0 Å². The van der Waals surface area contributed by atoms with Crippen LogP contribution in [0.15, 0.2) is 34.9 Å². The molecule has 0 aliphatic carbocycles. The lowest BCUT2D eigenvalue weighted by atomic mass is 10.1. The van der Waals surface area contributed by atoms with Gasteiger partial charge in [-0.3, -0.25) is 0 Å². The van der Waals surface area contributed by atoms with Crippen molar-refractivity contribution in [2.75, 3.05) is 6.54 Å². The van der Waals surface area contributed by atoms with Gasteiger partial charge in [0.15, 0.2) is 5.89 Å². The molecule has 0 saturated heterocycles. The lowest BCUT2D eigenvalue weighted by molar-refractivity contribution is 0.469. The molecule has 0 unspecified atom stereocenters. The van der Waals surface area contributed by atoms with Gasteiger partial charge in [0.05, 0.1) is 5.69 Å². The molecule has 84 valence electrons. The zero-order valence-corrected chi connectivity index (χ0v) is 8.89. The van der Waals surface area contributed by atoms with Crippen LogP contribution in [0.3, 0.4) is 0 Å². The molecule has 4 nitrogen and oxygen atoms in total. The summed E-state index contributed by atoms with van der Waals surface area (Å²) in [6.45, 7) is 0.524. The highest BCUT2D eigenvalue weighted by molar-refractivity contribution is 5.34. The lowest BCUT2D eigenvalue weighted by Gasteiger charge is -2.00. The number of hydrogen-bond acceptors (Lipinski definition) is 4. The highest BCUT2D eigenvalue weighted by atomic mass is 16.3. The summed E-state index contributed by atoms with van der Waals surface area (Å²) >= 11 is 0. The molecule has 1 aromatic carbocycles. The van der Waals surface area contributed by atoms with Crippen LogP contribution in [-0.2, 0) is 12.8 Å². The molecule has 0 radical (unpaired) electrons. The van der Waals surface area contributed by atoms with Gasteiger partial charge in [-0.15, -0.1) is 0 Å².